The lowest BCUT2D eigenvalue weighted by molar-refractivity contribution is 0.228. The van der Waals surface area contributed by atoms with Gasteiger partial charge in [-0.05, 0) is 42.3 Å². The number of ether oxygens (including phenoxy) is 1. The summed E-state index contributed by atoms with van der Waals surface area (Å²) in [6.45, 7) is 1.91. The lowest BCUT2D eigenvalue weighted by Crippen LogP contribution is -2.08. The van der Waals surface area contributed by atoms with E-state index in [-0.39, 0.29) is 11.9 Å². The molecule has 29 heavy (non-hydrogen) atoms. The molecule has 2 N–H and O–H groups in total. The van der Waals surface area contributed by atoms with Gasteiger partial charge in [0.05, 0.1) is 5.69 Å². The van der Waals surface area contributed by atoms with Gasteiger partial charge in [-0.1, -0.05) is 36.4 Å². The lowest BCUT2D eigenvalue weighted by atomic mass is 9.96. The summed E-state index contributed by atoms with van der Waals surface area (Å²) in [4.78, 5) is 4.27. The molecular formula is C23H21FN4O. The number of halogens is 1. The second-order valence-corrected chi connectivity index (χ2v) is 6.81. The van der Waals surface area contributed by atoms with Crippen molar-refractivity contribution in [2.45, 2.75) is 13.0 Å². The van der Waals surface area contributed by atoms with Crippen molar-refractivity contribution in [2.24, 2.45) is 7.05 Å². The van der Waals surface area contributed by atoms with Gasteiger partial charge >= 0.3 is 0 Å². The monoisotopic (exact) mass is 388 g/mol. The smallest absolute Gasteiger partial charge is 0.166 e. The average molecular weight is 388 g/mol. The number of anilines is 1. The van der Waals surface area contributed by atoms with Crippen molar-refractivity contribution >= 4 is 5.82 Å². The topological polar surface area (TPSA) is 66.0 Å². The molecule has 0 saturated carbocycles. The summed E-state index contributed by atoms with van der Waals surface area (Å²) in [5.74, 6) is 0.477. The van der Waals surface area contributed by atoms with Gasteiger partial charge in [0, 0.05) is 30.6 Å². The zero-order valence-electron chi connectivity index (χ0n) is 16.2. The second kappa shape index (κ2) is 7.75. The number of nitrogens with zero attached hydrogens (tertiary/aromatic N) is 3. The van der Waals surface area contributed by atoms with Crippen molar-refractivity contribution in [2.75, 3.05) is 5.73 Å². The van der Waals surface area contributed by atoms with Crippen LogP contribution in [0, 0.1) is 5.82 Å². The van der Waals surface area contributed by atoms with Crippen molar-refractivity contribution in [1.82, 2.24) is 14.8 Å². The predicted octanol–water partition coefficient (Wildman–Crippen LogP) is 5.01. The van der Waals surface area contributed by atoms with E-state index in [2.05, 4.69) is 10.1 Å². The zero-order chi connectivity index (χ0) is 20.4. The molecule has 2 aromatic heterocycles. The number of aromatic nitrogens is 3. The molecular weight excluding hydrogens is 367 g/mol. The van der Waals surface area contributed by atoms with Gasteiger partial charge in [0.2, 0.25) is 0 Å². The molecule has 0 amide bonds. The van der Waals surface area contributed by atoms with E-state index in [0.717, 1.165) is 27.9 Å². The predicted molar refractivity (Wildman–Crippen MR) is 112 cm³/mol. The van der Waals surface area contributed by atoms with E-state index in [9.17, 15) is 4.39 Å². The molecule has 0 aliphatic rings. The Labute approximate surface area is 168 Å². The van der Waals surface area contributed by atoms with E-state index in [0.29, 0.717) is 11.6 Å². The first-order valence-electron chi connectivity index (χ1n) is 9.28. The number of nitrogens with two attached hydrogens (primary N) is 1. The standard InChI is InChI=1S/C23H21FN4O/c1-15(19-9-8-18(24)13-20(19)16-6-4-3-5-7-16)29-22-12-17(14-26-23(22)25)21-10-11-27-28(21)2/h3-15H,1-2H3,(H2,25,26)/t15-/m1/s1. The first-order chi connectivity index (χ1) is 14.0. The van der Waals surface area contributed by atoms with Gasteiger partial charge in [0.1, 0.15) is 11.9 Å². The Morgan fingerprint density at radius 3 is 2.55 bits per heavy atom. The van der Waals surface area contributed by atoms with Crippen LogP contribution in [0.5, 0.6) is 5.75 Å². The minimum absolute atomic E-state index is 0.292. The van der Waals surface area contributed by atoms with Crippen molar-refractivity contribution in [3.8, 4) is 28.1 Å². The number of nitrogen functional groups attached to an aromatic ring is 1. The highest BCUT2D eigenvalue weighted by molar-refractivity contribution is 5.68. The van der Waals surface area contributed by atoms with Gasteiger partial charge in [-0.25, -0.2) is 9.37 Å². The second-order valence-electron chi connectivity index (χ2n) is 6.81. The van der Waals surface area contributed by atoms with Crippen molar-refractivity contribution in [3.63, 3.8) is 0 Å². The molecule has 5 nitrogen and oxygen atoms in total. The Morgan fingerprint density at radius 1 is 1.03 bits per heavy atom. The molecule has 0 fully saturated rings. The Morgan fingerprint density at radius 2 is 1.83 bits per heavy atom. The summed E-state index contributed by atoms with van der Waals surface area (Å²) in [6.07, 6.45) is 3.05. The summed E-state index contributed by atoms with van der Waals surface area (Å²) in [6, 6.07) is 18.1. The molecule has 0 radical (unpaired) electrons. The number of pyridine rings is 1. The maximum Gasteiger partial charge on any atom is 0.166 e. The number of rotatable bonds is 5. The molecule has 4 aromatic rings. The Hall–Kier alpha value is -3.67. The van der Waals surface area contributed by atoms with E-state index in [1.807, 2.05) is 56.4 Å². The minimum atomic E-state index is -0.364. The molecule has 6 heteroatoms. The summed E-state index contributed by atoms with van der Waals surface area (Å²) >= 11 is 0. The Bertz CT molecular complexity index is 1140. The van der Waals surface area contributed by atoms with E-state index in [4.69, 9.17) is 10.5 Å². The normalized spacial score (nSPS) is 12.0. The van der Waals surface area contributed by atoms with E-state index in [1.165, 1.54) is 12.1 Å². The first kappa shape index (κ1) is 18.7. The van der Waals surface area contributed by atoms with Gasteiger partial charge in [0.15, 0.2) is 11.6 Å². The number of hydrogen-bond acceptors (Lipinski definition) is 4. The molecule has 1 atom stereocenters. The molecule has 0 unspecified atom stereocenters. The van der Waals surface area contributed by atoms with Crippen LogP contribution in [0.2, 0.25) is 0 Å². The molecule has 146 valence electrons. The number of aryl methyl sites for hydroxylation is 1. The van der Waals surface area contributed by atoms with Gasteiger partial charge in [-0.2, -0.15) is 5.10 Å². The zero-order valence-corrected chi connectivity index (χ0v) is 16.2. The largest absolute Gasteiger partial charge is 0.482 e. The fourth-order valence-electron chi connectivity index (χ4n) is 3.35. The van der Waals surface area contributed by atoms with Crippen LogP contribution in [0.4, 0.5) is 10.2 Å². The maximum absolute atomic E-state index is 14.0. The van der Waals surface area contributed by atoms with Crippen LogP contribution < -0.4 is 10.5 Å². The highest BCUT2D eigenvalue weighted by Crippen LogP contribution is 2.34. The summed E-state index contributed by atoms with van der Waals surface area (Å²) in [5.41, 5.74) is 10.4. The van der Waals surface area contributed by atoms with E-state index < -0.39 is 0 Å². The van der Waals surface area contributed by atoms with E-state index >= 15 is 0 Å². The highest BCUT2D eigenvalue weighted by Gasteiger charge is 2.17. The fourth-order valence-corrected chi connectivity index (χ4v) is 3.35. The van der Waals surface area contributed by atoms with Gasteiger partial charge < -0.3 is 10.5 Å². The minimum Gasteiger partial charge on any atom is -0.482 e. The summed E-state index contributed by atoms with van der Waals surface area (Å²) < 4.78 is 21.9. The molecule has 0 aliphatic heterocycles. The Balaban J connectivity index is 1.69. The molecule has 0 bridgehead atoms. The molecule has 0 spiro atoms. The average Bonchev–Trinajstić information content (AvgIpc) is 3.16. The summed E-state index contributed by atoms with van der Waals surface area (Å²) in [5, 5.41) is 4.19. The van der Waals surface area contributed by atoms with Gasteiger partial charge in [-0.3, -0.25) is 4.68 Å². The third kappa shape index (κ3) is 3.82. The number of hydrogen-bond donors (Lipinski definition) is 1. The SMILES string of the molecule is C[C@@H](Oc1cc(-c2ccnn2C)cnc1N)c1ccc(F)cc1-c1ccccc1. The van der Waals surface area contributed by atoms with Crippen LogP contribution in [-0.4, -0.2) is 14.8 Å². The third-order valence-electron chi connectivity index (χ3n) is 4.84. The van der Waals surface area contributed by atoms with Crippen LogP contribution >= 0.6 is 0 Å². The molecule has 0 saturated heterocycles. The van der Waals surface area contributed by atoms with Crippen LogP contribution in [0.15, 0.2) is 73.1 Å². The molecule has 0 aliphatic carbocycles. The highest BCUT2D eigenvalue weighted by atomic mass is 19.1. The maximum atomic E-state index is 14.0. The van der Waals surface area contributed by atoms with Crippen LogP contribution in [0.25, 0.3) is 22.4 Å². The fraction of sp³-hybridized carbons (Fsp3) is 0.130. The summed E-state index contributed by atoms with van der Waals surface area (Å²) in [7, 11) is 1.86. The van der Waals surface area contributed by atoms with Crippen LogP contribution in [0.3, 0.4) is 0 Å². The molecule has 2 aromatic carbocycles. The Kier molecular flexibility index (Phi) is 4.99. The van der Waals surface area contributed by atoms with Gasteiger partial charge in [0.25, 0.3) is 0 Å². The van der Waals surface area contributed by atoms with Crippen LogP contribution in [-0.2, 0) is 7.05 Å². The number of benzene rings is 2. The van der Waals surface area contributed by atoms with Crippen molar-refractivity contribution in [3.05, 3.63) is 84.4 Å². The third-order valence-corrected chi connectivity index (χ3v) is 4.84. The van der Waals surface area contributed by atoms with Crippen molar-refractivity contribution < 1.29 is 9.13 Å². The van der Waals surface area contributed by atoms with Crippen molar-refractivity contribution in [1.29, 1.82) is 0 Å². The molecule has 2 heterocycles. The lowest BCUT2D eigenvalue weighted by Gasteiger charge is -2.20. The first-order valence-corrected chi connectivity index (χ1v) is 9.28. The van der Waals surface area contributed by atoms with Gasteiger partial charge in [-0.15, -0.1) is 0 Å². The van der Waals surface area contributed by atoms with Crippen LogP contribution in [0.1, 0.15) is 18.6 Å². The molecule has 4 rings (SSSR count). The van der Waals surface area contributed by atoms with E-state index in [1.54, 1.807) is 23.1 Å². The quantitative estimate of drug-likeness (QED) is 0.522.